The first kappa shape index (κ1) is 18.7. The van der Waals surface area contributed by atoms with Crippen LogP contribution in [0.15, 0.2) is 24.3 Å². The lowest BCUT2D eigenvalue weighted by atomic mass is 10.1. The average molecular weight is 359 g/mol. The van der Waals surface area contributed by atoms with Gasteiger partial charge in [-0.2, -0.15) is 0 Å². The van der Waals surface area contributed by atoms with Crippen LogP contribution in [0.2, 0.25) is 0 Å². The predicted octanol–water partition coefficient (Wildman–Crippen LogP) is 1.90. The summed E-state index contributed by atoms with van der Waals surface area (Å²) in [5.41, 5.74) is 1.79. The molecule has 2 fully saturated rings. The fourth-order valence-corrected chi connectivity index (χ4v) is 3.27. The van der Waals surface area contributed by atoms with Crippen molar-refractivity contribution < 1.29 is 14.3 Å². The van der Waals surface area contributed by atoms with Gasteiger partial charge in [-0.25, -0.2) is 0 Å². The van der Waals surface area contributed by atoms with E-state index >= 15 is 0 Å². The van der Waals surface area contributed by atoms with E-state index in [4.69, 9.17) is 4.74 Å². The standard InChI is InChI=1S/C20H29N3O3/c1-26-15-3-2-10-21-19(24)16-6-8-18(9-7-16)22-11-13-23(14-12-22)20(25)17-4-5-17/h6-9,17H,2-5,10-15H2,1H3,(H,21,24). The van der Waals surface area contributed by atoms with E-state index in [1.165, 1.54) is 0 Å². The Balaban J connectivity index is 1.44. The summed E-state index contributed by atoms with van der Waals surface area (Å²) in [4.78, 5) is 28.6. The van der Waals surface area contributed by atoms with Crippen LogP contribution in [0.1, 0.15) is 36.0 Å². The zero-order chi connectivity index (χ0) is 18.4. The molecular formula is C20H29N3O3. The van der Waals surface area contributed by atoms with E-state index in [-0.39, 0.29) is 5.91 Å². The molecule has 0 bridgehead atoms. The Labute approximate surface area is 155 Å². The number of nitrogens with one attached hydrogen (secondary N) is 1. The molecule has 0 atom stereocenters. The third-order valence-electron chi connectivity index (χ3n) is 5.07. The molecule has 1 aromatic rings. The summed E-state index contributed by atoms with van der Waals surface area (Å²) >= 11 is 0. The molecule has 0 radical (unpaired) electrons. The number of hydrogen-bond donors (Lipinski definition) is 1. The highest BCUT2D eigenvalue weighted by molar-refractivity contribution is 5.94. The number of unbranched alkanes of at least 4 members (excludes halogenated alkanes) is 1. The number of rotatable bonds is 8. The normalized spacial score (nSPS) is 17.3. The summed E-state index contributed by atoms with van der Waals surface area (Å²) in [6.07, 6.45) is 4.00. The third-order valence-corrected chi connectivity index (χ3v) is 5.07. The zero-order valence-electron chi connectivity index (χ0n) is 15.6. The molecule has 1 saturated heterocycles. The van der Waals surface area contributed by atoms with Crippen molar-refractivity contribution in [2.75, 3.05) is 51.3 Å². The number of hydrogen-bond acceptors (Lipinski definition) is 4. The van der Waals surface area contributed by atoms with Crippen molar-refractivity contribution in [3.8, 4) is 0 Å². The van der Waals surface area contributed by atoms with Crippen LogP contribution in [0.25, 0.3) is 0 Å². The monoisotopic (exact) mass is 359 g/mol. The number of carbonyl (C=O) groups excluding carboxylic acids is 2. The molecule has 3 rings (SSSR count). The van der Waals surface area contributed by atoms with Crippen LogP contribution in [0.3, 0.4) is 0 Å². The smallest absolute Gasteiger partial charge is 0.251 e. The van der Waals surface area contributed by atoms with E-state index in [0.29, 0.717) is 23.9 Å². The summed E-state index contributed by atoms with van der Waals surface area (Å²) in [7, 11) is 1.69. The number of benzene rings is 1. The molecule has 1 saturated carbocycles. The Morgan fingerprint density at radius 2 is 1.77 bits per heavy atom. The fraction of sp³-hybridized carbons (Fsp3) is 0.600. The SMILES string of the molecule is COCCCCNC(=O)c1ccc(N2CCN(C(=O)C3CC3)CC2)cc1. The van der Waals surface area contributed by atoms with Crippen LogP contribution in [0, 0.1) is 5.92 Å². The maximum absolute atomic E-state index is 12.2. The largest absolute Gasteiger partial charge is 0.385 e. The van der Waals surface area contributed by atoms with Gasteiger partial charge in [0.1, 0.15) is 0 Å². The number of ether oxygens (including phenoxy) is 1. The third kappa shape index (κ3) is 4.97. The molecule has 1 aromatic carbocycles. The highest BCUT2D eigenvalue weighted by atomic mass is 16.5. The van der Waals surface area contributed by atoms with Crippen molar-refractivity contribution in [1.29, 1.82) is 0 Å². The van der Waals surface area contributed by atoms with E-state index in [2.05, 4.69) is 10.2 Å². The van der Waals surface area contributed by atoms with Crippen LogP contribution >= 0.6 is 0 Å². The number of anilines is 1. The van der Waals surface area contributed by atoms with Gasteiger partial charge in [0.2, 0.25) is 5.91 Å². The van der Waals surface area contributed by atoms with Gasteiger partial charge in [-0.3, -0.25) is 9.59 Å². The van der Waals surface area contributed by atoms with Crippen LogP contribution in [-0.4, -0.2) is 63.2 Å². The molecule has 2 aliphatic rings. The van der Waals surface area contributed by atoms with Crippen molar-refractivity contribution in [3.63, 3.8) is 0 Å². The molecule has 26 heavy (non-hydrogen) atoms. The number of piperazine rings is 1. The Morgan fingerprint density at radius 1 is 1.08 bits per heavy atom. The highest BCUT2D eigenvalue weighted by Gasteiger charge is 2.34. The first-order chi connectivity index (χ1) is 12.7. The summed E-state index contributed by atoms with van der Waals surface area (Å²) in [5, 5.41) is 2.94. The number of methoxy groups -OCH3 is 1. The van der Waals surface area contributed by atoms with E-state index < -0.39 is 0 Å². The molecule has 0 unspecified atom stereocenters. The first-order valence-electron chi connectivity index (χ1n) is 9.60. The van der Waals surface area contributed by atoms with Gasteiger partial charge in [-0.1, -0.05) is 0 Å². The quantitative estimate of drug-likeness (QED) is 0.720. The Morgan fingerprint density at radius 3 is 2.38 bits per heavy atom. The van der Waals surface area contributed by atoms with Crippen molar-refractivity contribution in [2.45, 2.75) is 25.7 Å². The van der Waals surface area contributed by atoms with Gasteiger partial charge in [0, 0.05) is 63.6 Å². The van der Waals surface area contributed by atoms with Crippen LogP contribution in [0.5, 0.6) is 0 Å². The molecule has 6 nitrogen and oxygen atoms in total. The van der Waals surface area contributed by atoms with Gasteiger partial charge in [-0.15, -0.1) is 0 Å². The Kier molecular flexibility index (Phi) is 6.50. The second kappa shape index (κ2) is 9.03. The molecule has 142 valence electrons. The maximum atomic E-state index is 12.2. The highest BCUT2D eigenvalue weighted by Crippen LogP contribution is 2.31. The molecule has 6 heteroatoms. The molecule has 0 spiro atoms. The summed E-state index contributed by atoms with van der Waals surface area (Å²) in [5.74, 6) is 0.602. The summed E-state index contributed by atoms with van der Waals surface area (Å²) in [6.45, 7) is 4.68. The second-order valence-corrected chi connectivity index (χ2v) is 7.09. The van der Waals surface area contributed by atoms with Crippen LogP contribution in [-0.2, 0) is 9.53 Å². The lowest BCUT2D eigenvalue weighted by Crippen LogP contribution is -2.49. The minimum absolute atomic E-state index is 0.0335. The van der Waals surface area contributed by atoms with E-state index in [1.807, 2.05) is 29.2 Å². The summed E-state index contributed by atoms with van der Waals surface area (Å²) < 4.78 is 5.00. The second-order valence-electron chi connectivity index (χ2n) is 7.09. The number of carbonyl (C=O) groups is 2. The average Bonchev–Trinajstić information content (AvgIpc) is 3.53. The number of nitrogens with zero attached hydrogens (tertiary/aromatic N) is 2. The van der Waals surface area contributed by atoms with Crippen LogP contribution < -0.4 is 10.2 Å². The molecule has 0 aromatic heterocycles. The van der Waals surface area contributed by atoms with Crippen molar-refractivity contribution >= 4 is 17.5 Å². The lowest BCUT2D eigenvalue weighted by molar-refractivity contribution is -0.132. The Bertz CT molecular complexity index is 605. The molecule has 2 amide bonds. The van der Waals surface area contributed by atoms with Gasteiger partial charge < -0.3 is 19.9 Å². The van der Waals surface area contributed by atoms with Crippen molar-refractivity contribution in [1.82, 2.24) is 10.2 Å². The van der Waals surface area contributed by atoms with Crippen molar-refractivity contribution in [3.05, 3.63) is 29.8 Å². The van der Waals surface area contributed by atoms with Gasteiger partial charge in [-0.05, 0) is 49.9 Å². The minimum atomic E-state index is -0.0335. The molecule has 1 N–H and O–H groups in total. The predicted molar refractivity (Wildman–Crippen MR) is 101 cm³/mol. The van der Waals surface area contributed by atoms with Gasteiger partial charge >= 0.3 is 0 Å². The van der Waals surface area contributed by atoms with Gasteiger partial charge in [0.15, 0.2) is 0 Å². The van der Waals surface area contributed by atoms with E-state index in [9.17, 15) is 9.59 Å². The molecular weight excluding hydrogens is 330 g/mol. The van der Waals surface area contributed by atoms with Gasteiger partial charge in [0.05, 0.1) is 0 Å². The number of amides is 2. The summed E-state index contributed by atoms with van der Waals surface area (Å²) in [6, 6.07) is 7.75. The molecule has 1 aliphatic heterocycles. The van der Waals surface area contributed by atoms with E-state index in [1.54, 1.807) is 7.11 Å². The maximum Gasteiger partial charge on any atom is 0.251 e. The first-order valence-corrected chi connectivity index (χ1v) is 9.60. The molecule has 1 aliphatic carbocycles. The lowest BCUT2D eigenvalue weighted by Gasteiger charge is -2.36. The topological polar surface area (TPSA) is 61.9 Å². The van der Waals surface area contributed by atoms with Crippen LogP contribution in [0.4, 0.5) is 5.69 Å². The Hall–Kier alpha value is -2.08. The zero-order valence-corrected chi connectivity index (χ0v) is 15.6. The van der Waals surface area contributed by atoms with Crippen molar-refractivity contribution in [2.24, 2.45) is 5.92 Å². The van der Waals surface area contributed by atoms with Gasteiger partial charge in [0.25, 0.3) is 5.91 Å². The molecule has 1 heterocycles. The minimum Gasteiger partial charge on any atom is -0.385 e. The van der Waals surface area contributed by atoms with E-state index in [0.717, 1.165) is 64.2 Å². The fourth-order valence-electron chi connectivity index (χ4n) is 3.27.